The summed E-state index contributed by atoms with van der Waals surface area (Å²) < 4.78 is 5.50. The molecule has 0 bridgehead atoms. The molecule has 1 aromatic rings. The Morgan fingerprint density at radius 1 is 1.04 bits per heavy atom. The molecule has 3 rings (SSSR count). The molecule has 0 aromatic heterocycles. The molecule has 25 heavy (non-hydrogen) atoms. The van der Waals surface area contributed by atoms with Gasteiger partial charge in [-0.3, -0.25) is 9.59 Å². The van der Waals surface area contributed by atoms with Crippen molar-refractivity contribution < 1.29 is 14.3 Å². The highest BCUT2D eigenvalue weighted by molar-refractivity contribution is 6.30. The van der Waals surface area contributed by atoms with Crippen LogP contribution in [0.4, 0.5) is 0 Å². The van der Waals surface area contributed by atoms with Crippen molar-refractivity contribution in [1.82, 2.24) is 9.80 Å². The van der Waals surface area contributed by atoms with Crippen molar-refractivity contribution in [3.05, 3.63) is 41.4 Å². The van der Waals surface area contributed by atoms with Gasteiger partial charge in [-0.1, -0.05) is 23.8 Å². The van der Waals surface area contributed by atoms with Crippen LogP contribution >= 0.6 is 11.6 Å². The molecule has 1 saturated heterocycles. The van der Waals surface area contributed by atoms with E-state index in [1.807, 2.05) is 4.90 Å². The van der Waals surface area contributed by atoms with Crippen LogP contribution in [0.15, 0.2) is 36.4 Å². The third-order valence-electron chi connectivity index (χ3n) is 4.71. The Labute approximate surface area is 153 Å². The summed E-state index contributed by atoms with van der Waals surface area (Å²) in [6, 6.07) is 6.93. The van der Waals surface area contributed by atoms with Crippen LogP contribution in [-0.2, 0) is 9.59 Å². The summed E-state index contributed by atoms with van der Waals surface area (Å²) in [6.07, 6.45) is 7.03. The maximum atomic E-state index is 12.3. The average Bonchev–Trinajstić information content (AvgIpc) is 3.14. The summed E-state index contributed by atoms with van der Waals surface area (Å²) in [4.78, 5) is 28.2. The molecule has 1 unspecified atom stereocenters. The zero-order valence-electron chi connectivity index (χ0n) is 14.2. The predicted octanol–water partition coefficient (Wildman–Crippen LogP) is 2.75. The monoisotopic (exact) mass is 362 g/mol. The van der Waals surface area contributed by atoms with Gasteiger partial charge in [0, 0.05) is 37.6 Å². The van der Waals surface area contributed by atoms with Gasteiger partial charge in [0.2, 0.25) is 5.91 Å². The van der Waals surface area contributed by atoms with Gasteiger partial charge < -0.3 is 14.5 Å². The molecule has 1 aliphatic heterocycles. The van der Waals surface area contributed by atoms with E-state index in [-0.39, 0.29) is 18.4 Å². The normalized spacial score (nSPS) is 20.0. The second-order valence-electron chi connectivity index (χ2n) is 6.47. The zero-order chi connectivity index (χ0) is 17.6. The number of carbonyl (C=O) groups excluding carboxylic acids is 2. The summed E-state index contributed by atoms with van der Waals surface area (Å²) in [7, 11) is 0. The van der Waals surface area contributed by atoms with Gasteiger partial charge in [-0.05, 0) is 43.0 Å². The number of allylic oxidation sites excluding steroid dienone is 2. The molecular weight excluding hydrogens is 340 g/mol. The standard InChI is InChI=1S/C19H23ClN2O3/c20-16-5-7-17(8-6-16)25-14-19(24)22-11-9-21(10-12-22)18(23)13-15-3-1-2-4-15/h1,3,5-8,15H,2,4,9-14H2. The second kappa shape index (κ2) is 8.39. The Bertz CT molecular complexity index is 637. The minimum Gasteiger partial charge on any atom is -0.484 e. The van der Waals surface area contributed by atoms with E-state index in [4.69, 9.17) is 16.3 Å². The van der Waals surface area contributed by atoms with Crippen LogP contribution in [0, 0.1) is 5.92 Å². The lowest BCUT2D eigenvalue weighted by molar-refractivity contribution is -0.141. The van der Waals surface area contributed by atoms with Gasteiger partial charge in [-0.2, -0.15) is 0 Å². The van der Waals surface area contributed by atoms with E-state index in [0.717, 1.165) is 12.8 Å². The van der Waals surface area contributed by atoms with Crippen molar-refractivity contribution in [3.8, 4) is 5.75 Å². The first-order valence-electron chi connectivity index (χ1n) is 8.72. The molecule has 1 aromatic carbocycles. The molecule has 2 amide bonds. The SMILES string of the molecule is O=C(COc1ccc(Cl)cc1)N1CCN(C(=O)CC2C=CCC2)CC1. The molecule has 0 radical (unpaired) electrons. The number of hydrogen-bond donors (Lipinski definition) is 0. The first-order chi connectivity index (χ1) is 12.1. The largest absolute Gasteiger partial charge is 0.484 e. The summed E-state index contributed by atoms with van der Waals surface area (Å²) in [5.74, 6) is 1.15. The number of hydrogen-bond acceptors (Lipinski definition) is 3. The molecule has 2 aliphatic rings. The maximum Gasteiger partial charge on any atom is 0.260 e. The fourth-order valence-electron chi connectivity index (χ4n) is 3.19. The van der Waals surface area contributed by atoms with Gasteiger partial charge in [0.1, 0.15) is 5.75 Å². The average molecular weight is 363 g/mol. The molecule has 134 valence electrons. The summed E-state index contributed by atoms with van der Waals surface area (Å²) in [5.41, 5.74) is 0. The molecule has 1 aliphatic carbocycles. The lowest BCUT2D eigenvalue weighted by Crippen LogP contribution is -2.51. The topological polar surface area (TPSA) is 49.9 Å². The zero-order valence-corrected chi connectivity index (χ0v) is 15.0. The Kier molecular flexibility index (Phi) is 5.97. The van der Waals surface area contributed by atoms with Crippen molar-refractivity contribution in [1.29, 1.82) is 0 Å². The van der Waals surface area contributed by atoms with Gasteiger partial charge in [0.25, 0.3) is 5.91 Å². The van der Waals surface area contributed by atoms with Crippen molar-refractivity contribution in [2.45, 2.75) is 19.3 Å². The third-order valence-corrected chi connectivity index (χ3v) is 4.96. The number of halogens is 1. The van der Waals surface area contributed by atoms with Gasteiger partial charge >= 0.3 is 0 Å². The molecule has 1 fully saturated rings. The Balaban J connectivity index is 1.40. The number of carbonyl (C=O) groups is 2. The van der Waals surface area contributed by atoms with Crippen LogP contribution in [0.3, 0.4) is 0 Å². The lowest BCUT2D eigenvalue weighted by atomic mass is 10.0. The van der Waals surface area contributed by atoms with Crippen LogP contribution in [0.25, 0.3) is 0 Å². The van der Waals surface area contributed by atoms with E-state index in [9.17, 15) is 9.59 Å². The Morgan fingerprint density at radius 2 is 1.68 bits per heavy atom. The first-order valence-corrected chi connectivity index (χ1v) is 9.10. The molecular formula is C19H23ClN2O3. The quantitative estimate of drug-likeness (QED) is 0.757. The van der Waals surface area contributed by atoms with Crippen LogP contribution in [0.2, 0.25) is 5.02 Å². The van der Waals surface area contributed by atoms with Gasteiger partial charge in [0.05, 0.1) is 0 Å². The van der Waals surface area contributed by atoms with Crippen molar-refractivity contribution in [3.63, 3.8) is 0 Å². The predicted molar refractivity (Wildman–Crippen MR) is 96.6 cm³/mol. The van der Waals surface area contributed by atoms with E-state index < -0.39 is 0 Å². The van der Waals surface area contributed by atoms with Crippen molar-refractivity contribution >= 4 is 23.4 Å². The summed E-state index contributed by atoms with van der Waals surface area (Å²) in [5, 5.41) is 0.632. The Hall–Kier alpha value is -2.01. The number of nitrogens with zero attached hydrogens (tertiary/aromatic N) is 2. The van der Waals surface area contributed by atoms with Crippen molar-refractivity contribution in [2.24, 2.45) is 5.92 Å². The maximum absolute atomic E-state index is 12.3. The third kappa shape index (κ3) is 4.98. The number of benzene rings is 1. The van der Waals surface area contributed by atoms with E-state index in [2.05, 4.69) is 12.2 Å². The van der Waals surface area contributed by atoms with E-state index in [1.54, 1.807) is 29.2 Å². The van der Waals surface area contributed by atoms with Gasteiger partial charge in [-0.15, -0.1) is 0 Å². The fourth-order valence-corrected chi connectivity index (χ4v) is 3.32. The summed E-state index contributed by atoms with van der Waals surface area (Å²) >= 11 is 5.82. The minimum atomic E-state index is -0.0548. The van der Waals surface area contributed by atoms with Crippen LogP contribution in [0.1, 0.15) is 19.3 Å². The first kappa shape index (κ1) is 17.8. The van der Waals surface area contributed by atoms with Crippen molar-refractivity contribution in [2.75, 3.05) is 32.8 Å². The molecule has 5 nitrogen and oxygen atoms in total. The van der Waals surface area contributed by atoms with Crippen LogP contribution in [-0.4, -0.2) is 54.4 Å². The summed E-state index contributed by atoms with van der Waals surface area (Å²) in [6.45, 7) is 2.33. The highest BCUT2D eigenvalue weighted by atomic mass is 35.5. The molecule has 1 heterocycles. The number of ether oxygens (including phenoxy) is 1. The van der Waals surface area contributed by atoms with Crippen LogP contribution in [0.5, 0.6) is 5.75 Å². The second-order valence-corrected chi connectivity index (χ2v) is 6.91. The molecule has 0 spiro atoms. The molecule has 0 saturated carbocycles. The Morgan fingerprint density at radius 3 is 2.28 bits per heavy atom. The fraction of sp³-hybridized carbons (Fsp3) is 0.474. The molecule has 6 heteroatoms. The van der Waals surface area contributed by atoms with Gasteiger partial charge in [0.15, 0.2) is 6.61 Å². The molecule has 1 atom stereocenters. The lowest BCUT2D eigenvalue weighted by Gasteiger charge is -2.35. The minimum absolute atomic E-state index is 0.00243. The highest BCUT2D eigenvalue weighted by Gasteiger charge is 2.25. The highest BCUT2D eigenvalue weighted by Crippen LogP contribution is 2.21. The smallest absolute Gasteiger partial charge is 0.260 e. The molecule has 0 N–H and O–H groups in total. The number of piperazine rings is 1. The van der Waals surface area contributed by atoms with E-state index in [1.165, 1.54) is 0 Å². The number of amides is 2. The van der Waals surface area contributed by atoms with Gasteiger partial charge in [-0.25, -0.2) is 0 Å². The van der Waals surface area contributed by atoms with E-state index >= 15 is 0 Å². The number of rotatable bonds is 5. The van der Waals surface area contributed by atoms with Crippen LogP contribution < -0.4 is 4.74 Å². The van der Waals surface area contributed by atoms with E-state index in [0.29, 0.717) is 49.3 Å².